The molecule has 1 saturated carbocycles. The molecule has 0 unspecified atom stereocenters. The third-order valence-corrected chi connectivity index (χ3v) is 6.28. The largest absolute Gasteiger partial charge is 0.420 e. The van der Waals surface area contributed by atoms with Gasteiger partial charge in [0.15, 0.2) is 5.65 Å². The summed E-state index contributed by atoms with van der Waals surface area (Å²) < 4.78 is 43.5. The highest BCUT2D eigenvalue weighted by molar-refractivity contribution is 5.53. The maximum Gasteiger partial charge on any atom is 0.420 e. The number of likely N-dealkylation sites (tertiary alicyclic amines) is 1. The van der Waals surface area contributed by atoms with Crippen molar-refractivity contribution in [2.24, 2.45) is 5.92 Å². The van der Waals surface area contributed by atoms with Crippen LogP contribution < -0.4 is 0 Å². The summed E-state index contributed by atoms with van der Waals surface area (Å²) in [5, 5.41) is 8.01. The Balaban J connectivity index is 1.36. The molecule has 3 aromatic heterocycles. The first-order valence-electron chi connectivity index (χ1n) is 10.5. The summed E-state index contributed by atoms with van der Waals surface area (Å²) in [6.07, 6.45) is 3.77. The smallest absolute Gasteiger partial charge is 0.299 e. The number of aromatic nitrogens is 4. The van der Waals surface area contributed by atoms with E-state index in [2.05, 4.69) is 20.1 Å². The number of hydrogen-bond acceptors (Lipinski definition) is 4. The van der Waals surface area contributed by atoms with Gasteiger partial charge in [-0.05, 0) is 68.5 Å². The summed E-state index contributed by atoms with van der Waals surface area (Å²) in [5.41, 5.74) is 0.628. The Morgan fingerprint density at radius 1 is 1.00 bits per heavy atom. The lowest BCUT2D eigenvalue weighted by atomic mass is 9.92. The zero-order valence-electron chi connectivity index (χ0n) is 16.6. The van der Waals surface area contributed by atoms with Gasteiger partial charge in [-0.25, -0.2) is 0 Å². The van der Waals surface area contributed by atoms with E-state index in [4.69, 9.17) is 0 Å². The highest BCUT2D eigenvalue weighted by Crippen LogP contribution is 2.37. The molecular weight excluding hydrogens is 391 g/mol. The minimum absolute atomic E-state index is 0.0704. The molecule has 2 aliphatic rings. The molecule has 30 heavy (non-hydrogen) atoms. The molecule has 5 rings (SSSR count). The van der Waals surface area contributed by atoms with Gasteiger partial charge < -0.3 is 0 Å². The number of piperidine rings is 1. The quantitative estimate of drug-likeness (QED) is 0.617. The zero-order chi connectivity index (χ0) is 20.7. The molecule has 1 aliphatic heterocycles. The number of hydrogen-bond donors (Lipinski definition) is 0. The van der Waals surface area contributed by atoms with E-state index in [0.717, 1.165) is 44.5 Å². The van der Waals surface area contributed by atoms with Crippen LogP contribution in [0.15, 0.2) is 36.7 Å². The molecule has 0 amide bonds. The second-order valence-electron chi connectivity index (χ2n) is 8.48. The normalized spacial score (nSPS) is 18.9. The predicted molar refractivity (Wildman–Crippen MR) is 106 cm³/mol. The summed E-state index contributed by atoms with van der Waals surface area (Å²) in [5.74, 6) is 1.53. The molecule has 5 nitrogen and oxygen atoms in total. The topological polar surface area (TPSA) is 46.3 Å². The second kappa shape index (κ2) is 7.65. The van der Waals surface area contributed by atoms with Gasteiger partial charge in [0.25, 0.3) is 0 Å². The minimum atomic E-state index is -4.46. The second-order valence-corrected chi connectivity index (χ2v) is 8.48. The van der Waals surface area contributed by atoms with Crippen LogP contribution in [0.25, 0.3) is 5.65 Å². The molecule has 8 heteroatoms. The number of rotatable bonds is 5. The van der Waals surface area contributed by atoms with Crippen LogP contribution in [0.3, 0.4) is 0 Å². The standard InChI is InChI=1S/C22H24F3N5/c23-22(24,25)20-17(8-12-30-19(13-15-4-5-15)27-28-21(20)30)14-29-10-6-16(7-11-29)18-3-1-2-9-26-18/h1-3,8-9,12,15-16H,4-7,10-11,13-14H2. The molecule has 158 valence electrons. The fourth-order valence-electron chi connectivity index (χ4n) is 4.45. The molecule has 4 heterocycles. The van der Waals surface area contributed by atoms with E-state index in [9.17, 15) is 13.2 Å². The number of nitrogens with zero attached hydrogens (tertiary/aromatic N) is 5. The first kappa shape index (κ1) is 19.5. The van der Waals surface area contributed by atoms with Crippen molar-refractivity contribution in [3.8, 4) is 0 Å². The lowest BCUT2D eigenvalue weighted by Crippen LogP contribution is -2.33. The summed E-state index contributed by atoms with van der Waals surface area (Å²) >= 11 is 0. The van der Waals surface area contributed by atoms with Crippen LogP contribution >= 0.6 is 0 Å². The Labute approximate surface area is 172 Å². The molecule has 1 saturated heterocycles. The summed E-state index contributed by atoms with van der Waals surface area (Å²) in [6, 6.07) is 7.50. The van der Waals surface area contributed by atoms with Gasteiger partial charge in [-0.2, -0.15) is 13.2 Å². The van der Waals surface area contributed by atoms with E-state index in [1.165, 1.54) is 4.40 Å². The van der Waals surface area contributed by atoms with Crippen molar-refractivity contribution in [1.29, 1.82) is 0 Å². The first-order chi connectivity index (χ1) is 14.5. The molecule has 0 bridgehead atoms. The van der Waals surface area contributed by atoms with E-state index >= 15 is 0 Å². The maximum atomic E-state index is 14.0. The summed E-state index contributed by atoms with van der Waals surface area (Å²) in [4.78, 5) is 6.53. The first-order valence-corrected chi connectivity index (χ1v) is 10.5. The van der Waals surface area contributed by atoms with E-state index in [1.54, 1.807) is 18.5 Å². The average Bonchev–Trinajstić information content (AvgIpc) is 3.47. The van der Waals surface area contributed by atoms with Gasteiger partial charge in [-0.3, -0.25) is 14.3 Å². The SMILES string of the molecule is FC(F)(F)c1c(CN2CCC(c3ccccn3)CC2)ccn2c(CC3CC3)nnc12. The number of fused-ring (bicyclic) bond motifs is 1. The lowest BCUT2D eigenvalue weighted by Gasteiger charge is -2.32. The molecule has 2 fully saturated rings. The van der Waals surface area contributed by atoms with Crippen LogP contribution in [-0.2, 0) is 19.1 Å². The molecule has 0 N–H and O–H groups in total. The van der Waals surface area contributed by atoms with Crippen LogP contribution in [0.1, 0.15) is 54.2 Å². The van der Waals surface area contributed by atoms with E-state index in [1.807, 2.05) is 18.2 Å². The van der Waals surface area contributed by atoms with E-state index in [-0.39, 0.29) is 17.8 Å². The Hall–Kier alpha value is -2.48. The molecule has 0 spiro atoms. The average molecular weight is 415 g/mol. The van der Waals surface area contributed by atoms with Crippen LogP contribution in [-0.4, -0.2) is 37.6 Å². The number of halogens is 3. The van der Waals surface area contributed by atoms with Gasteiger partial charge >= 0.3 is 6.18 Å². The van der Waals surface area contributed by atoms with Crippen LogP contribution in [0.5, 0.6) is 0 Å². The van der Waals surface area contributed by atoms with Gasteiger partial charge in [-0.1, -0.05) is 6.07 Å². The summed E-state index contributed by atoms with van der Waals surface area (Å²) in [7, 11) is 0. The third-order valence-electron chi connectivity index (χ3n) is 6.28. The lowest BCUT2D eigenvalue weighted by molar-refractivity contribution is -0.137. The molecular formula is C22H24F3N5. The zero-order valence-corrected chi connectivity index (χ0v) is 16.6. The number of alkyl halides is 3. The minimum Gasteiger partial charge on any atom is -0.299 e. The van der Waals surface area contributed by atoms with Crippen molar-refractivity contribution in [1.82, 2.24) is 24.5 Å². The van der Waals surface area contributed by atoms with Crippen LogP contribution in [0.4, 0.5) is 13.2 Å². The van der Waals surface area contributed by atoms with Gasteiger partial charge in [0.2, 0.25) is 0 Å². The van der Waals surface area contributed by atoms with Crippen molar-refractivity contribution in [2.75, 3.05) is 13.1 Å². The van der Waals surface area contributed by atoms with E-state index < -0.39 is 11.7 Å². The predicted octanol–water partition coefficient (Wildman–Crippen LogP) is 4.48. The summed E-state index contributed by atoms with van der Waals surface area (Å²) in [6.45, 7) is 1.78. The fourth-order valence-corrected chi connectivity index (χ4v) is 4.45. The van der Waals surface area contributed by atoms with Gasteiger partial charge in [0, 0.05) is 37.0 Å². The Morgan fingerprint density at radius 3 is 2.47 bits per heavy atom. The van der Waals surface area contributed by atoms with Crippen molar-refractivity contribution < 1.29 is 13.2 Å². The number of pyridine rings is 2. The molecule has 3 aromatic rings. The van der Waals surface area contributed by atoms with Gasteiger partial charge in [0.1, 0.15) is 11.4 Å². The maximum absolute atomic E-state index is 14.0. The highest BCUT2D eigenvalue weighted by atomic mass is 19.4. The Kier molecular flexibility index (Phi) is 4.97. The van der Waals surface area contributed by atoms with Crippen molar-refractivity contribution >= 4 is 5.65 Å². The monoisotopic (exact) mass is 415 g/mol. The molecule has 0 aromatic carbocycles. The van der Waals surface area contributed by atoms with E-state index in [0.29, 0.717) is 24.1 Å². The third kappa shape index (κ3) is 3.93. The van der Waals surface area contributed by atoms with Crippen molar-refractivity contribution in [2.45, 2.75) is 50.7 Å². The van der Waals surface area contributed by atoms with Crippen molar-refractivity contribution in [3.63, 3.8) is 0 Å². The van der Waals surface area contributed by atoms with Crippen LogP contribution in [0, 0.1) is 5.92 Å². The van der Waals surface area contributed by atoms with Gasteiger partial charge in [-0.15, -0.1) is 10.2 Å². The molecule has 0 atom stereocenters. The van der Waals surface area contributed by atoms with Crippen molar-refractivity contribution in [3.05, 3.63) is 59.3 Å². The fraction of sp³-hybridized carbons (Fsp3) is 0.500. The Morgan fingerprint density at radius 2 is 1.80 bits per heavy atom. The molecule has 1 aliphatic carbocycles. The van der Waals surface area contributed by atoms with Crippen LogP contribution in [0.2, 0.25) is 0 Å². The highest BCUT2D eigenvalue weighted by Gasteiger charge is 2.38. The van der Waals surface area contributed by atoms with Gasteiger partial charge in [0.05, 0.1) is 0 Å². The molecule has 0 radical (unpaired) electrons. The Bertz CT molecular complexity index is 1020.